The van der Waals surface area contributed by atoms with Crippen molar-refractivity contribution >= 4 is 5.91 Å². The van der Waals surface area contributed by atoms with Crippen LogP contribution in [0.25, 0.3) is 0 Å². The number of rotatable bonds is 7. The fourth-order valence-electron chi connectivity index (χ4n) is 1.68. The summed E-state index contributed by atoms with van der Waals surface area (Å²) in [4.78, 5) is 11.4. The first kappa shape index (κ1) is 15.4. The summed E-state index contributed by atoms with van der Waals surface area (Å²) in [5.74, 6) is -0.285. The highest BCUT2D eigenvalue weighted by Gasteiger charge is 2.10. The van der Waals surface area contributed by atoms with E-state index >= 15 is 0 Å². The summed E-state index contributed by atoms with van der Waals surface area (Å²) < 4.78 is 19.1. The van der Waals surface area contributed by atoms with E-state index in [1.165, 1.54) is 6.07 Å². The van der Waals surface area contributed by atoms with Crippen molar-refractivity contribution in [1.29, 1.82) is 0 Å². The van der Waals surface area contributed by atoms with Crippen LogP contribution in [0, 0.1) is 5.82 Å². The molecule has 0 aliphatic heterocycles. The van der Waals surface area contributed by atoms with Gasteiger partial charge in [-0.1, -0.05) is 12.1 Å². The number of halogens is 1. The van der Waals surface area contributed by atoms with Crippen molar-refractivity contribution in [3.63, 3.8) is 0 Å². The summed E-state index contributed by atoms with van der Waals surface area (Å²) in [6.07, 6.45) is 0.214. The molecule has 0 radical (unpaired) electrons. The van der Waals surface area contributed by atoms with Crippen molar-refractivity contribution in [1.82, 2.24) is 10.6 Å². The monoisotopic (exact) mass is 268 g/mol. The largest absolute Gasteiger partial charge is 0.490 e. The Morgan fingerprint density at radius 2 is 2.16 bits per heavy atom. The standard InChI is InChI=1S/C14H21FN2O2/c1-10(2)17-13(18)7-8-19-14-11(9-16-3)5-4-6-12(14)15/h4-6,10,16H,7-9H2,1-3H3,(H,17,18). The quantitative estimate of drug-likeness (QED) is 0.793. The van der Waals surface area contributed by atoms with Crippen LogP contribution in [0.2, 0.25) is 0 Å². The maximum Gasteiger partial charge on any atom is 0.223 e. The van der Waals surface area contributed by atoms with Gasteiger partial charge in [0, 0.05) is 18.2 Å². The van der Waals surface area contributed by atoms with Gasteiger partial charge in [0.15, 0.2) is 11.6 Å². The van der Waals surface area contributed by atoms with Gasteiger partial charge in [-0.2, -0.15) is 0 Å². The lowest BCUT2D eigenvalue weighted by molar-refractivity contribution is -0.122. The van der Waals surface area contributed by atoms with Gasteiger partial charge < -0.3 is 15.4 Å². The van der Waals surface area contributed by atoms with Crippen molar-refractivity contribution in [2.24, 2.45) is 0 Å². The van der Waals surface area contributed by atoms with E-state index in [1.807, 2.05) is 13.8 Å². The maximum absolute atomic E-state index is 13.7. The number of hydrogen-bond acceptors (Lipinski definition) is 3. The number of benzene rings is 1. The molecule has 0 saturated carbocycles. The van der Waals surface area contributed by atoms with Crippen LogP contribution >= 0.6 is 0 Å². The average molecular weight is 268 g/mol. The Labute approximate surface area is 113 Å². The van der Waals surface area contributed by atoms with E-state index in [2.05, 4.69) is 10.6 Å². The Kier molecular flexibility index (Phi) is 6.29. The molecule has 0 fully saturated rings. The van der Waals surface area contributed by atoms with Crippen molar-refractivity contribution in [2.45, 2.75) is 32.9 Å². The second-order valence-electron chi connectivity index (χ2n) is 4.58. The zero-order valence-electron chi connectivity index (χ0n) is 11.6. The lowest BCUT2D eigenvalue weighted by Gasteiger charge is -2.13. The van der Waals surface area contributed by atoms with Gasteiger partial charge in [-0.15, -0.1) is 0 Å². The fourth-order valence-corrected chi connectivity index (χ4v) is 1.68. The predicted octanol–water partition coefficient (Wildman–Crippen LogP) is 1.84. The van der Waals surface area contributed by atoms with Crippen LogP contribution in [0.1, 0.15) is 25.8 Å². The molecule has 0 spiro atoms. The molecule has 106 valence electrons. The molecule has 0 saturated heterocycles. The highest BCUT2D eigenvalue weighted by atomic mass is 19.1. The summed E-state index contributed by atoms with van der Waals surface area (Å²) in [7, 11) is 1.78. The zero-order chi connectivity index (χ0) is 14.3. The van der Waals surface area contributed by atoms with E-state index in [-0.39, 0.29) is 30.7 Å². The molecule has 0 aliphatic rings. The molecule has 0 bridgehead atoms. The summed E-state index contributed by atoms with van der Waals surface area (Å²) in [6.45, 7) is 4.46. The van der Waals surface area contributed by atoms with Gasteiger partial charge in [-0.05, 0) is 27.0 Å². The van der Waals surface area contributed by atoms with Gasteiger partial charge in [0.25, 0.3) is 0 Å². The normalized spacial score (nSPS) is 10.6. The number of nitrogens with one attached hydrogen (secondary N) is 2. The van der Waals surface area contributed by atoms with Crippen molar-refractivity contribution < 1.29 is 13.9 Å². The highest BCUT2D eigenvalue weighted by Crippen LogP contribution is 2.22. The van der Waals surface area contributed by atoms with Gasteiger partial charge in [-0.3, -0.25) is 4.79 Å². The summed E-state index contributed by atoms with van der Waals surface area (Å²) in [6, 6.07) is 4.88. The molecule has 0 atom stereocenters. The van der Waals surface area contributed by atoms with E-state index < -0.39 is 5.82 Å². The van der Waals surface area contributed by atoms with Crippen LogP contribution in [0.15, 0.2) is 18.2 Å². The molecule has 1 amide bonds. The SMILES string of the molecule is CNCc1cccc(F)c1OCCC(=O)NC(C)C. The Balaban J connectivity index is 2.55. The minimum Gasteiger partial charge on any atom is -0.490 e. The molecular weight excluding hydrogens is 247 g/mol. The van der Waals surface area contributed by atoms with Gasteiger partial charge in [-0.25, -0.2) is 4.39 Å². The molecule has 0 aromatic heterocycles. The molecule has 0 unspecified atom stereocenters. The summed E-state index contributed by atoms with van der Waals surface area (Å²) >= 11 is 0. The molecule has 1 aromatic rings. The van der Waals surface area contributed by atoms with Crippen molar-refractivity contribution in [2.75, 3.05) is 13.7 Å². The minimum atomic E-state index is -0.406. The van der Waals surface area contributed by atoms with E-state index in [0.717, 1.165) is 5.56 Å². The van der Waals surface area contributed by atoms with Crippen LogP contribution in [0.3, 0.4) is 0 Å². The van der Waals surface area contributed by atoms with Crippen LogP contribution in [-0.4, -0.2) is 25.6 Å². The van der Waals surface area contributed by atoms with Crippen LogP contribution in [0.5, 0.6) is 5.75 Å². The first-order chi connectivity index (χ1) is 9.04. The molecule has 4 nitrogen and oxygen atoms in total. The number of carbonyl (C=O) groups is 1. The second kappa shape index (κ2) is 7.74. The number of amides is 1. The Morgan fingerprint density at radius 1 is 1.42 bits per heavy atom. The highest BCUT2D eigenvalue weighted by molar-refractivity contribution is 5.76. The Bertz CT molecular complexity index is 422. The number of ether oxygens (including phenoxy) is 1. The first-order valence-electron chi connectivity index (χ1n) is 6.38. The Morgan fingerprint density at radius 3 is 2.79 bits per heavy atom. The molecule has 1 aromatic carbocycles. The number of hydrogen-bond donors (Lipinski definition) is 2. The molecule has 2 N–H and O–H groups in total. The third kappa shape index (κ3) is 5.26. The minimum absolute atomic E-state index is 0.0958. The molecule has 0 heterocycles. The average Bonchev–Trinajstić information content (AvgIpc) is 2.32. The molecule has 19 heavy (non-hydrogen) atoms. The molecule has 1 rings (SSSR count). The first-order valence-corrected chi connectivity index (χ1v) is 6.38. The topological polar surface area (TPSA) is 50.4 Å². The zero-order valence-corrected chi connectivity index (χ0v) is 11.6. The molecular formula is C14H21FN2O2. The Hall–Kier alpha value is -1.62. The van der Waals surface area contributed by atoms with Crippen LogP contribution in [-0.2, 0) is 11.3 Å². The lowest BCUT2D eigenvalue weighted by atomic mass is 10.2. The van der Waals surface area contributed by atoms with Gasteiger partial charge in [0.1, 0.15) is 0 Å². The van der Waals surface area contributed by atoms with Crippen LogP contribution < -0.4 is 15.4 Å². The second-order valence-corrected chi connectivity index (χ2v) is 4.58. The summed E-state index contributed by atoms with van der Waals surface area (Å²) in [5.41, 5.74) is 0.742. The fraction of sp³-hybridized carbons (Fsp3) is 0.500. The smallest absolute Gasteiger partial charge is 0.223 e. The van der Waals surface area contributed by atoms with E-state index in [4.69, 9.17) is 4.74 Å². The van der Waals surface area contributed by atoms with Gasteiger partial charge >= 0.3 is 0 Å². The van der Waals surface area contributed by atoms with Crippen LogP contribution in [0.4, 0.5) is 4.39 Å². The van der Waals surface area contributed by atoms with E-state index in [1.54, 1.807) is 19.2 Å². The molecule has 0 aliphatic carbocycles. The van der Waals surface area contributed by atoms with Crippen molar-refractivity contribution in [3.8, 4) is 5.75 Å². The van der Waals surface area contributed by atoms with E-state index in [0.29, 0.717) is 6.54 Å². The van der Waals surface area contributed by atoms with Gasteiger partial charge in [0.2, 0.25) is 5.91 Å². The predicted molar refractivity (Wildman–Crippen MR) is 72.6 cm³/mol. The van der Waals surface area contributed by atoms with Gasteiger partial charge in [0.05, 0.1) is 13.0 Å². The lowest BCUT2D eigenvalue weighted by Crippen LogP contribution is -2.31. The third-order valence-electron chi connectivity index (χ3n) is 2.44. The summed E-state index contributed by atoms with van der Waals surface area (Å²) in [5, 5.41) is 5.71. The number of carbonyl (C=O) groups excluding carboxylic acids is 1. The number of para-hydroxylation sites is 1. The van der Waals surface area contributed by atoms with E-state index in [9.17, 15) is 9.18 Å². The third-order valence-corrected chi connectivity index (χ3v) is 2.44. The maximum atomic E-state index is 13.7. The molecule has 5 heteroatoms. The van der Waals surface area contributed by atoms with Crippen molar-refractivity contribution in [3.05, 3.63) is 29.6 Å².